The van der Waals surface area contributed by atoms with E-state index in [2.05, 4.69) is 4.98 Å². The fourth-order valence-electron chi connectivity index (χ4n) is 2.30. The zero-order valence-corrected chi connectivity index (χ0v) is 11.5. The van der Waals surface area contributed by atoms with E-state index in [4.69, 9.17) is 0 Å². The Labute approximate surface area is 122 Å². The lowest BCUT2D eigenvalue weighted by molar-refractivity contribution is 0.101. The second-order valence-electron chi connectivity index (χ2n) is 4.84. The first-order valence-electron chi connectivity index (χ1n) is 6.66. The van der Waals surface area contributed by atoms with Crippen molar-refractivity contribution in [1.82, 2.24) is 4.98 Å². The lowest BCUT2D eigenvalue weighted by Crippen LogP contribution is -2.03. The van der Waals surface area contributed by atoms with E-state index in [9.17, 15) is 9.59 Å². The SMILES string of the molecule is CC(=O)c1ccc(C(=O)c2cccc3cccnc23)cc1. The summed E-state index contributed by atoms with van der Waals surface area (Å²) in [7, 11) is 0. The molecular weight excluding hydrogens is 262 g/mol. The average molecular weight is 275 g/mol. The highest BCUT2D eigenvalue weighted by Crippen LogP contribution is 2.19. The number of aromatic nitrogens is 1. The Morgan fingerprint density at radius 3 is 2.24 bits per heavy atom. The molecule has 1 heterocycles. The summed E-state index contributed by atoms with van der Waals surface area (Å²) in [5.41, 5.74) is 2.42. The maximum atomic E-state index is 12.6. The number of hydrogen-bond donors (Lipinski definition) is 0. The zero-order chi connectivity index (χ0) is 14.8. The maximum absolute atomic E-state index is 12.6. The molecule has 0 radical (unpaired) electrons. The quantitative estimate of drug-likeness (QED) is 0.685. The molecule has 0 aliphatic carbocycles. The number of carbonyl (C=O) groups excluding carboxylic acids is 2. The van der Waals surface area contributed by atoms with Crippen LogP contribution in [0.25, 0.3) is 10.9 Å². The Kier molecular flexibility index (Phi) is 3.32. The van der Waals surface area contributed by atoms with Gasteiger partial charge in [0.1, 0.15) is 0 Å². The molecule has 3 rings (SSSR count). The Balaban J connectivity index is 2.06. The van der Waals surface area contributed by atoms with E-state index in [-0.39, 0.29) is 11.6 Å². The first-order valence-corrected chi connectivity index (χ1v) is 6.66. The van der Waals surface area contributed by atoms with Crippen molar-refractivity contribution in [1.29, 1.82) is 0 Å². The second-order valence-corrected chi connectivity index (χ2v) is 4.84. The number of Topliss-reactive ketones (excluding diaryl/α,β-unsaturated/α-hetero) is 1. The van der Waals surface area contributed by atoms with Crippen LogP contribution in [0.2, 0.25) is 0 Å². The molecule has 0 saturated carbocycles. The van der Waals surface area contributed by atoms with Crippen molar-refractivity contribution < 1.29 is 9.59 Å². The van der Waals surface area contributed by atoms with Gasteiger partial charge in [0, 0.05) is 28.3 Å². The molecule has 21 heavy (non-hydrogen) atoms. The lowest BCUT2D eigenvalue weighted by Gasteiger charge is -2.05. The van der Waals surface area contributed by atoms with E-state index in [1.807, 2.05) is 24.3 Å². The molecule has 3 nitrogen and oxygen atoms in total. The van der Waals surface area contributed by atoms with Crippen molar-refractivity contribution >= 4 is 22.5 Å². The Bertz CT molecular complexity index is 830. The molecule has 0 bridgehead atoms. The number of carbonyl (C=O) groups is 2. The van der Waals surface area contributed by atoms with E-state index in [1.165, 1.54) is 6.92 Å². The monoisotopic (exact) mass is 275 g/mol. The molecule has 102 valence electrons. The van der Waals surface area contributed by atoms with Gasteiger partial charge in [-0.25, -0.2) is 0 Å². The number of hydrogen-bond acceptors (Lipinski definition) is 3. The van der Waals surface area contributed by atoms with Crippen LogP contribution >= 0.6 is 0 Å². The minimum atomic E-state index is -0.0885. The van der Waals surface area contributed by atoms with Gasteiger partial charge >= 0.3 is 0 Å². The molecule has 3 aromatic rings. The van der Waals surface area contributed by atoms with Gasteiger partial charge < -0.3 is 0 Å². The first-order chi connectivity index (χ1) is 10.2. The topological polar surface area (TPSA) is 47.0 Å². The van der Waals surface area contributed by atoms with Crippen LogP contribution in [0.15, 0.2) is 60.8 Å². The number of para-hydroxylation sites is 1. The number of nitrogens with zero attached hydrogens (tertiary/aromatic N) is 1. The highest BCUT2D eigenvalue weighted by molar-refractivity contribution is 6.15. The number of rotatable bonds is 3. The third-order valence-corrected chi connectivity index (χ3v) is 3.43. The van der Waals surface area contributed by atoms with Gasteiger partial charge in [0.25, 0.3) is 0 Å². The molecule has 0 spiro atoms. The Hall–Kier alpha value is -2.81. The van der Waals surface area contributed by atoms with Crippen LogP contribution in [0.3, 0.4) is 0 Å². The minimum Gasteiger partial charge on any atom is -0.295 e. The summed E-state index contributed by atoms with van der Waals surface area (Å²) in [5.74, 6) is -0.102. The third-order valence-electron chi connectivity index (χ3n) is 3.43. The minimum absolute atomic E-state index is 0.0131. The molecule has 0 saturated heterocycles. The maximum Gasteiger partial charge on any atom is 0.195 e. The normalized spacial score (nSPS) is 10.5. The molecule has 3 heteroatoms. The van der Waals surface area contributed by atoms with Gasteiger partial charge in [-0.05, 0) is 19.1 Å². The van der Waals surface area contributed by atoms with Gasteiger partial charge in [0.15, 0.2) is 11.6 Å². The summed E-state index contributed by atoms with van der Waals surface area (Å²) < 4.78 is 0. The zero-order valence-electron chi connectivity index (χ0n) is 11.5. The lowest BCUT2D eigenvalue weighted by atomic mass is 9.99. The molecule has 0 atom stereocenters. The van der Waals surface area contributed by atoms with Crippen LogP contribution < -0.4 is 0 Å². The molecular formula is C18H13NO2. The molecule has 2 aromatic carbocycles. The van der Waals surface area contributed by atoms with Crippen LogP contribution in [0.5, 0.6) is 0 Å². The van der Waals surface area contributed by atoms with Gasteiger partial charge in [0.2, 0.25) is 0 Å². The summed E-state index contributed by atoms with van der Waals surface area (Å²) >= 11 is 0. The highest BCUT2D eigenvalue weighted by Gasteiger charge is 2.13. The van der Waals surface area contributed by atoms with Crippen molar-refractivity contribution in [3.05, 3.63) is 77.5 Å². The smallest absolute Gasteiger partial charge is 0.195 e. The Morgan fingerprint density at radius 2 is 1.52 bits per heavy atom. The second kappa shape index (κ2) is 5.29. The van der Waals surface area contributed by atoms with Crippen molar-refractivity contribution in [2.75, 3.05) is 0 Å². The summed E-state index contributed by atoms with van der Waals surface area (Å²) in [5, 5.41) is 0.934. The molecule has 0 fully saturated rings. The summed E-state index contributed by atoms with van der Waals surface area (Å²) in [6, 6.07) is 16.0. The van der Waals surface area contributed by atoms with Crippen LogP contribution in [0.4, 0.5) is 0 Å². The van der Waals surface area contributed by atoms with Crippen LogP contribution in [0, 0.1) is 0 Å². The van der Waals surface area contributed by atoms with Crippen molar-refractivity contribution in [2.24, 2.45) is 0 Å². The van der Waals surface area contributed by atoms with Gasteiger partial charge in [-0.15, -0.1) is 0 Å². The van der Waals surface area contributed by atoms with Gasteiger partial charge in [0.05, 0.1) is 5.52 Å². The van der Waals surface area contributed by atoms with Crippen LogP contribution in [-0.4, -0.2) is 16.6 Å². The standard InChI is InChI=1S/C18H13NO2/c1-12(20)13-7-9-15(10-8-13)18(21)16-6-2-4-14-5-3-11-19-17(14)16/h2-11H,1H3. The predicted octanol–water partition coefficient (Wildman–Crippen LogP) is 3.67. The summed E-state index contributed by atoms with van der Waals surface area (Å²) in [4.78, 5) is 28.2. The van der Waals surface area contributed by atoms with E-state index in [0.717, 1.165) is 5.39 Å². The first kappa shape index (κ1) is 13.2. The molecule has 0 unspecified atom stereocenters. The van der Waals surface area contributed by atoms with E-state index < -0.39 is 0 Å². The largest absolute Gasteiger partial charge is 0.295 e. The average Bonchev–Trinajstić information content (AvgIpc) is 2.53. The number of fused-ring (bicyclic) bond motifs is 1. The molecule has 0 aliphatic rings. The highest BCUT2D eigenvalue weighted by atomic mass is 16.1. The van der Waals surface area contributed by atoms with E-state index in [0.29, 0.717) is 22.2 Å². The molecule has 1 aromatic heterocycles. The fraction of sp³-hybridized carbons (Fsp3) is 0.0556. The number of pyridine rings is 1. The van der Waals surface area contributed by atoms with Crippen molar-refractivity contribution in [3.8, 4) is 0 Å². The molecule has 0 N–H and O–H groups in total. The number of ketones is 2. The third kappa shape index (κ3) is 2.46. The number of benzene rings is 2. The van der Waals surface area contributed by atoms with Gasteiger partial charge in [-0.1, -0.05) is 42.5 Å². The predicted molar refractivity (Wildman–Crippen MR) is 81.6 cm³/mol. The van der Waals surface area contributed by atoms with Crippen LogP contribution in [0.1, 0.15) is 33.2 Å². The molecule has 0 amide bonds. The molecule has 0 aliphatic heterocycles. The van der Waals surface area contributed by atoms with E-state index >= 15 is 0 Å². The summed E-state index contributed by atoms with van der Waals surface area (Å²) in [6.45, 7) is 1.51. The van der Waals surface area contributed by atoms with E-state index in [1.54, 1.807) is 36.5 Å². The van der Waals surface area contributed by atoms with Crippen LogP contribution in [-0.2, 0) is 0 Å². The fourth-order valence-corrected chi connectivity index (χ4v) is 2.30. The van der Waals surface area contributed by atoms with Gasteiger partial charge in [-0.2, -0.15) is 0 Å². The van der Waals surface area contributed by atoms with Crippen molar-refractivity contribution in [2.45, 2.75) is 6.92 Å². The van der Waals surface area contributed by atoms with Crippen molar-refractivity contribution in [3.63, 3.8) is 0 Å². The Morgan fingerprint density at radius 1 is 0.857 bits per heavy atom. The summed E-state index contributed by atoms with van der Waals surface area (Å²) in [6.07, 6.45) is 1.68. The van der Waals surface area contributed by atoms with Gasteiger partial charge in [-0.3, -0.25) is 14.6 Å².